The first-order valence-corrected chi connectivity index (χ1v) is 6.90. The van der Waals surface area contributed by atoms with Crippen LogP contribution in [0.5, 0.6) is 5.75 Å². The topological polar surface area (TPSA) is 89.0 Å². The van der Waals surface area contributed by atoms with E-state index in [0.717, 1.165) is 0 Å². The van der Waals surface area contributed by atoms with Crippen LogP contribution in [0.4, 0.5) is 0 Å². The molecule has 0 aliphatic rings. The Balaban J connectivity index is 2.42. The van der Waals surface area contributed by atoms with E-state index in [9.17, 15) is 9.59 Å². The van der Waals surface area contributed by atoms with Crippen LogP contribution in [0, 0.1) is 0 Å². The van der Waals surface area contributed by atoms with Gasteiger partial charge in [-0.25, -0.2) is 5.43 Å². The maximum atomic E-state index is 11.5. The predicted molar refractivity (Wildman–Crippen MR) is 83.2 cm³/mol. The zero-order valence-electron chi connectivity index (χ0n) is 12.4. The molecule has 1 rings (SSSR count). The molecule has 0 aliphatic heterocycles. The third kappa shape index (κ3) is 6.11. The van der Waals surface area contributed by atoms with Crippen molar-refractivity contribution in [1.82, 2.24) is 10.7 Å². The molecule has 0 saturated carbocycles. The average molecular weight is 328 g/mol. The molecule has 0 heterocycles. The highest BCUT2D eigenvalue weighted by molar-refractivity contribution is 6.35. The standard InChI is InChI=1S/C14H18ClN3O4/c1-21-7-3-6-16-13(19)14(20)18-17-9-10-4-5-12(22-2)11(15)8-10/h4-5,8-9H,3,6-7H2,1-2H3,(H,16,19)(H,18,20)/b17-9-. The number of carbonyl (C=O) groups is 2. The van der Waals surface area contributed by atoms with Gasteiger partial charge in [-0.15, -0.1) is 0 Å². The van der Waals surface area contributed by atoms with Crippen LogP contribution >= 0.6 is 11.6 Å². The summed E-state index contributed by atoms with van der Waals surface area (Å²) in [5, 5.41) is 6.57. The Labute approximate surface area is 133 Å². The van der Waals surface area contributed by atoms with Crippen LogP contribution < -0.4 is 15.5 Å². The number of nitrogens with zero attached hydrogens (tertiary/aromatic N) is 1. The van der Waals surface area contributed by atoms with Crippen LogP contribution in [0.15, 0.2) is 23.3 Å². The number of carbonyl (C=O) groups excluding carboxylic acids is 2. The molecule has 7 nitrogen and oxygen atoms in total. The van der Waals surface area contributed by atoms with Gasteiger partial charge in [0.25, 0.3) is 0 Å². The van der Waals surface area contributed by atoms with Crippen LogP contribution in [0.1, 0.15) is 12.0 Å². The van der Waals surface area contributed by atoms with Crippen LogP contribution in [0.25, 0.3) is 0 Å². The summed E-state index contributed by atoms with van der Waals surface area (Å²) in [6.45, 7) is 0.871. The van der Waals surface area contributed by atoms with Crippen molar-refractivity contribution < 1.29 is 19.1 Å². The Bertz CT molecular complexity index is 549. The lowest BCUT2D eigenvalue weighted by atomic mass is 10.2. The van der Waals surface area contributed by atoms with Gasteiger partial charge in [0.05, 0.1) is 18.3 Å². The third-order valence-electron chi connectivity index (χ3n) is 2.57. The molecule has 0 fully saturated rings. The van der Waals surface area contributed by atoms with E-state index in [1.54, 1.807) is 25.3 Å². The second kappa shape index (κ2) is 9.75. The SMILES string of the molecule is COCCCNC(=O)C(=O)N/N=C\c1ccc(OC)c(Cl)c1. The zero-order chi connectivity index (χ0) is 16.4. The summed E-state index contributed by atoms with van der Waals surface area (Å²) >= 11 is 5.96. The van der Waals surface area contributed by atoms with E-state index < -0.39 is 11.8 Å². The Kier molecular flexibility index (Phi) is 7.95. The number of hydrogen-bond donors (Lipinski definition) is 2. The number of hydrogen-bond acceptors (Lipinski definition) is 5. The Morgan fingerprint density at radius 1 is 1.32 bits per heavy atom. The normalized spacial score (nSPS) is 10.5. The third-order valence-corrected chi connectivity index (χ3v) is 2.87. The van der Waals surface area contributed by atoms with E-state index in [2.05, 4.69) is 15.8 Å². The Morgan fingerprint density at radius 2 is 2.09 bits per heavy atom. The molecule has 1 aromatic rings. The average Bonchev–Trinajstić information content (AvgIpc) is 2.51. The van der Waals surface area contributed by atoms with Crippen LogP contribution in [-0.4, -0.2) is 45.4 Å². The van der Waals surface area contributed by atoms with E-state index in [-0.39, 0.29) is 0 Å². The van der Waals surface area contributed by atoms with Gasteiger partial charge in [0.1, 0.15) is 5.75 Å². The largest absolute Gasteiger partial charge is 0.495 e. The highest BCUT2D eigenvalue weighted by Gasteiger charge is 2.11. The number of hydrazone groups is 1. The van der Waals surface area contributed by atoms with Crippen LogP contribution in [-0.2, 0) is 14.3 Å². The summed E-state index contributed by atoms with van der Waals surface area (Å²) < 4.78 is 9.85. The van der Waals surface area contributed by atoms with Crippen molar-refractivity contribution in [3.05, 3.63) is 28.8 Å². The Morgan fingerprint density at radius 3 is 2.73 bits per heavy atom. The highest BCUT2D eigenvalue weighted by Crippen LogP contribution is 2.24. The maximum absolute atomic E-state index is 11.5. The van der Waals surface area contributed by atoms with Crippen molar-refractivity contribution in [2.75, 3.05) is 27.4 Å². The van der Waals surface area contributed by atoms with Gasteiger partial charge in [0, 0.05) is 20.3 Å². The molecule has 0 spiro atoms. The quantitative estimate of drug-likeness (QED) is 0.338. The molecule has 0 aliphatic carbocycles. The van der Waals surface area contributed by atoms with E-state index in [0.29, 0.717) is 35.9 Å². The van der Waals surface area contributed by atoms with Gasteiger partial charge < -0.3 is 14.8 Å². The number of methoxy groups -OCH3 is 2. The Hall–Kier alpha value is -2.12. The molecule has 0 radical (unpaired) electrons. The highest BCUT2D eigenvalue weighted by atomic mass is 35.5. The molecule has 0 bridgehead atoms. The fraction of sp³-hybridized carbons (Fsp3) is 0.357. The molecule has 2 N–H and O–H groups in total. The first-order valence-electron chi connectivity index (χ1n) is 6.52. The van der Waals surface area contributed by atoms with Crippen molar-refractivity contribution in [2.45, 2.75) is 6.42 Å². The number of nitrogens with one attached hydrogen (secondary N) is 2. The van der Waals surface area contributed by atoms with Gasteiger partial charge in [-0.05, 0) is 30.2 Å². The minimum atomic E-state index is -0.840. The summed E-state index contributed by atoms with van der Waals surface area (Å²) in [5.74, 6) is -1.05. The molecule has 0 aromatic heterocycles. The fourth-order valence-electron chi connectivity index (χ4n) is 1.48. The van der Waals surface area contributed by atoms with Gasteiger partial charge in [-0.2, -0.15) is 5.10 Å². The maximum Gasteiger partial charge on any atom is 0.329 e. The number of halogens is 1. The molecule has 0 atom stereocenters. The molecular formula is C14H18ClN3O4. The minimum Gasteiger partial charge on any atom is -0.495 e. The van der Waals surface area contributed by atoms with Crippen LogP contribution in [0.2, 0.25) is 5.02 Å². The summed E-state index contributed by atoms with van der Waals surface area (Å²) in [6, 6.07) is 5.01. The van der Waals surface area contributed by atoms with E-state index in [1.165, 1.54) is 13.3 Å². The van der Waals surface area contributed by atoms with Gasteiger partial charge >= 0.3 is 11.8 Å². The first kappa shape index (κ1) is 17.9. The van der Waals surface area contributed by atoms with Crippen molar-refractivity contribution in [1.29, 1.82) is 0 Å². The second-order valence-corrected chi connectivity index (χ2v) is 4.60. The van der Waals surface area contributed by atoms with Crippen molar-refractivity contribution in [3.63, 3.8) is 0 Å². The predicted octanol–water partition coefficient (Wildman–Crippen LogP) is 0.951. The lowest BCUT2D eigenvalue weighted by molar-refractivity contribution is -0.139. The number of benzene rings is 1. The molecule has 0 saturated heterocycles. The molecule has 22 heavy (non-hydrogen) atoms. The van der Waals surface area contributed by atoms with Crippen molar-refractivity contribution in [3.8, 4) is 5.75 Å². The van der Waals surface area contributed by atoms with Gasteiger partial charge in [0.2, 0.25) is 0 Å². The lowest BCUT2D eigenvalue weighted by Crippen LogP contribution is -2.38. The van der Waals surface area contributed by atoms with Crippen molar-refractivity contribution >= 4 is 29.6 Å². The summed E-state index contributed by atoms with van der Waals surface area (Å²) in [6.07, 6.45) is 2.00. The first-order chi connectivity index (χ1) is 10.6. The van der Waals surface area contributed by atoms with Crippen LogP contribution in [0.3, 0.4) is 0 Å². The molecular weight excluding hydrogens is 310 g/mol. The summed E-state index contributed by atoms with van der Waals surface area (Å²) in [7, 11) is 3.08. The van der Waals surface area contributed by atoms with E-state index in [4.69, 9.17) is 21.1 Å². The number of amides is 2. The molecule has 1 aromatic carbocycles. The molecule has 2 amide bonds. The summed E-state index contributed by atoms with van der Waals surface area (Å²) in [5.41, 5.74) is 2.79. The minimum absolute atomic E-state index is 0.359. The second-order valence-electron chi connectivity index (χ2n) is 4.20. The lowest BCUT2D eigenvalue weighted by Gasteiger charge is -2.04. The fourth-order valence-corrected chi connectivity index (χ4v) is 1.74. The zero-order valence-corrected chi connectivity index (χ0v) is 13.1. The number of rotatable bonds is 7. The smallest absolute Gasteiger partial charge is 0.329 e. The monoisotopic (exact) mass is 327 g/mol. The molecule has 0 unspecified atom stereocenters. The van der Waals surface area contributed by atoms with Gasteiger partial charge in [-0.1, -0.05) is 11.6 Å². The van der Waals surface area contributed by atoms with E-state index >= 15 is 0 Å². The number of ether oxygens (including phenoxy) is 2. The molecule has 120 valence electrons. The summed E-state index contributed by atoms with van der Waals surface area (Å²) in [4.78, 5) is 22.9. The van der Waals surface area contributed by atoms with E-state index in [1.807, 2.05) is 0 Å². The van der Waals surface area contributed by atoms with Crippen molar-refractivity contribution in [2.24, 2.45) is 5.10 Å². The van der Waals surface area contributed by atoms with Gasteiger partial charge in [-0.3, -0.25) is 9.59 Å². The molecule has 8 heteroatoms. The van der Waals surface area contributed by atoms with Gasteiger partial charge in [0.15, 0.2) is 0 Å².